The fourth-order valence-corrected chi connectivity index (χ4v) is 3.10. The molecule has 1 aromatic rings. The summed E-state index contributed by atoms with van der Waals surface area (Å²) >= 11 is 0. The van der Waals surface area contributed by atoms with Crippen LogP contribution in [0, 0.1) is 0 Å². The highest BCUT2D eigenvalue weighted by Crippen LogP contribution is 2.24. The Hall–Kier alpha value is -1.59. The maximum absolute atomic E-state index is 12.7. The number of benzene rings is 1. The summed E-state index contributed by atoms with van der Waals surface area (Å²) in [5, 5.41) is 3.10. The van der Waals surface area contributed by atoms with Gasteiger partial charge in [-0.2, -0.15) is 0 Å². The van der Waals surface area contributed by atoms with Crippen molar-refractivity contribution in [1.29, 1.82) is 0 Å². The number of hydrogen-bond donors (Lipinski definition) is 1. The summed E-state index contributed by atoms with van der Waals surface area (Å²) in [7, 11) is 4.23. The van der Waals surface area contributed by atoms with Gasteiger partial charge in [-0.3, -0.25) is 0 Å². The van der Waals surface area contributed by atoms with Crippen molar-refractivity contribution in [3.05, 3.63) is 35.9 Å². The third-order valence-electron chi connectivity index (χ3n) is 5.11. The number of likely N-dealkylation sites (N-methyl/N-ethyl adjacent to an activating group) is 2. The molecular weight excluding hydrogens is 300 g/mol. The molecule has 0 aromatic heterocycles. The lowest BCUT2D eigenvalue weighted by Gasteiger charge is -2.40. The molecule has 2 unspecified atom stereocenters. The average molecular weight is 332 g/mol. The van der Waals surface area contributed by atoms with Gasteiger partial charge in [0.15, 0.2) is 0 Å². The molecule has 1 aromatic carbocycles. The van der Waals surface area contributed by atoms with Gasteiger partial charge in [0.2, 0.25) is 0 Å². The van der Waals surface area contributed by atoms with Crippen molar-refractivity contribution < 1.29 is 4.79 Å². The first-order valence-corrected chi connectivity index (χ1v) is 9.01. The molecule has 134 valence electrons. The highest BCUT2D eigenvalue weighted by Gasteiger charge is 2.29. The first-order valence-electron chi connectivity index (χ1n) is 9.01. The summed E-state index contributed by atoms with van der Waals surface area (Å²) < 4.78 is 0. The van der Waals surface area contributed by atoms with Crippen LogP contribution >= 0.6 is 0 Å². The van der Waals surface area contributed by atoms with Crippen molar-refractivity contribution in [3.8, 4) is 0 Å². The van der Waals surface area contributed by atoms with Crippen LogP contribution in [0.3, 0.4) is 0 Å². The molecule has 2 atom stereocenters. The molecule has 1 saturated heterocycles. The fraction of sp³-hybridized carbons (Fsp3) is 0.632. The minimum absolute atomic E-state index is 0.0505. The smallest absolute Gasteiger partial charge is 0.318 e. The summed E-state index contributed by atoms with van der Waals surface area (Å²) in [5.74, 6) is 0. The van der Waals surface area contributed by atoms with E-state index < -0.39 is 0 Å². The minimum atomic E-state index is 0.0505. The third-order valence-corrected chi connectivity index (χ3v) is 5.11. The van der Waals surface area contributed by atoms with Crippen LogP contribution in [0.15, 0.2) is 30.3 Å². The number of amides is 2. The van der Waals surface area contributed by atoms with Crippen LogP contribution in [0.2, 0.25) is 0 Å². The first-order chi connectivity index (χ1) is 11.5. The van der Waals surface area contributed by atoms with Crippen LogP contribution in [-0.2, 0) is 0 Å². The molecule has 1 N–H and O–H groups in total. The van der Waals surface area contributed by atoms with Crippen LogP contribution in [0.4, 0.5) is 4.79 Å². The summed E-state index contributed by atoms with van der Waals surface area (Å²) in [6.07, 6.45) is 1.12. The van der Waals surface area contributed by atoms with E-state index in [0.717, 1.165) is 32.6 Å². The molecular formula is C19H32N4O. The Bertz CT molecular complexity index is 507. The zero-order valence-electron chi connectivity index (χ0n) is 15.5. The topological polar surface area (TPSA) is 38.8 Å². The number of nitrogens with zero attached hydrogens (tertiary/aromatic N) is 3. The Morgan fingerprint density at radius 3 is 2.71 bits per heavy atom. The van der Waals surface area contributed by atoms with E-state index in [4.69, 9.17) is 0 Å². The van der Waals surface area contributed by atoms with E-state index in [1.165, 1.54) is 5.56 Å². The zero-order chi connectivity index (χ0) is 17.5. The van der Waals surface area contributed by atoms with Crippen LogP contribution in [-0.4, -0.2) is 73.6 Å². The molecule has 0 saturated carbocycles. The van der Waals surface area contributed by atoms with Gasteiger partial charge in [0, 0.05) is 38.8 Å². The number of urea groups is 1. The zero-order valence-corrected chi connectivity index (χ0v) is 15.5. The normalized spacial score (nSPS) is 20.2. The number of carbonyl (C=O) groups excluding carboxylic acids is 1. The number of hydrogen-bond acceptors (Lipinski definition) is 3. The molecule has 24 heavy (non-hydrogen) atoms. The SMILES string of the molecule is CCC(C)N(C)CCNC(=O)N1CCN(C)CC1c1ccccc1. The predicted molar refractivity (Wildman–Crippen MR) is 99.2 cm³/mol. The molecule has 0 radical (unpaired) electrons. The maximum Gasteiger partial charge on any atom is 0.318 e. The Labute approximate surface area is 146 Å². The molecule has 0 aliphatic carbocycles. The second-order valence-corrected chi connectivity index (χ2v) is 6.85. The second-order valence-electron chi connectivity index (χ2n) is 6.85. The Morgan fingerprint density at radius 1 is 1.33 bits per heavy atom. The summed E-state index contributed by atoms with van der Waals surface area (Å²) in [6.45, 7) is 8.54. The van der Waals surface area contributed by atoms with Gasteiger partial charge in [0.25, 0.3) is 0 Å². The Balaban J connectivity index is 1.93. The van der Waals surface area contributed by atoms with Crippen molar-refractivity contribution in [2.45, 2.75) is 32.4 Å². The van der Waals surface area contributed by atoms with E-state index in [-0.39, 0.29) is 12.1 Å². The van der Waals surface area contributed by atoms with E-state index in [1.807, 2.05) is 23.1 Å². The summed E-state index contributed by atoms with van der Waals surface area (Å²) in [5.41, 5.74) is 1.20. The monoisotopic (exact) mass is 332 g/mol. The van der Waals surface area contributed by atoms with Crippen molar-refractivity contribution in [2.75, 3.05) is 46.8 Å². The molecule has 1 fully saturated rings. The third kappa shape index (κ3) is 4.95. The van der Waals surface area contributed by atoms with E-state index >= 15 is 0 Å². The molecule has 2 amide bonds. The molecule has 5 nitrogen and oxygen atoms in total. The van der Waals surface area contributed by atoms with Gasteiger partial charge in [-0.05, 0) is 33.0 Å². The molecule has 0 spiro atoms. The lowest BCUT2D eigenvalue weighted by molar-refractivity contribution is 0.108. The summed E-state index contributed by atoms with van der Waals surface area (Å²) in [4.78, 5) is 19.3. The Kier molecular flexibility index (Phi) is 7.06. The fourth-order valence-electron chi connectivity index (χ4n) is 3.10. The van der Waals surface area contributed by atoms with Gasteiger partial charge in [0.05, 0.1) is 6.04 Å². The minimum Gasteiger partial charge on any atom is -0.337 e. The molecule has 1 aliphatic heterocycles. The summed E-state index contributed by atoms with van der Waals surface area (Å²) in [6, 6.07) is 11.0. The average Bonchev–Trinajstić information content (AvgIpc) is 2.61. The predicted octanol–water partition coefficient (Wildman–Crippen LogP) is 2.42. The number of rotatable bonds is 6. The number of carbonyl (C=O) groups is 1. The molecule has 0 bridgehead atoms. The van der Waals surface area contributed by atoms with E-state index in [9.17, 15) is 4.79 Å². The van der Waals surface area contributed by atoms with Crippen molar-refractivity contribution >= 4 is 6.03 Å². The highest BCUT2D eigenvalue weighted by atomic mass is 16.2. The molecule has 1 aliphatic rings. The molecule has 5 heteroatoms. The van der Waals surface area contributed by atoms with Gasteiger partial charge < -0.3 is 20.0 Å². The van der Waals surface area contributed by atoms with Gasteiger partial charge in [-0.25, -0.2) is 4.79 Å². The molecule has 2 rings (SSSR count). The quantitative estimate of drug-likeness (QED) is 0.869. The first kappa shape index (κ1) is 18.7. The van der Waals surface area contributed by atoms with Gasteiger partial charge >= 0.3 is 6.03 Å². The van der Waals surface area contributed by atoms with Crippen LogP contribution in [0.25, 0.3) is 0 Å². The van der Waals surface area contributed by atoms with Crippen LogP contribution in [0.5, 0.6) is 0 Å². The van der Waals surface area contributed by atoms with Crippen molar-refractivity contribution in [3.63, 3.8) is 0 Å². The van der Waals surface area contributed by atoms with Gasteiger partial charge in [-0.15, -0.1) is 0 Å². The van der Waals surface area contributed by atoms with Crippen molar-refractivity contribution in [1.82, 2.24) is 20.0 Å². The van der Waals surface area contributed by atoms with Gasteiger partial charge in [0.1, 0.15) is 0 Å². The second kappa shape index (κ2) is 9.04. The van der Waals surface area contributed by atoms with Crippen molar-refractivity contribution in [2.24, 2.45) is 0 Å². The van der Waals surface area contributed by atoms with Crippen LogP contribution in [0.1, 0.15) is 31.9 Å². The standard InChI is InChI=1S/C19H32N4O/c1-5-16(2)22(4)12-11-20-19(24)23-14-13-21(3)15-18(23)17-9-7-6-8-10-17/h6-10,16,18H,5,11-15H2,1-4H3,(H,20,24). The number of piperazine rings is 1. The largest absolute Gasteiger partial charge is 0.337 e. The number of nitrogens with one attached hydrogen (secondary N) is 1. The maximum atomic E-state index is 12.7. The molecule has 1 heterocycles. The highest BCUT2D eigenvalue weighted by molar-refractivity contribution is 5.75. The van der Waals surface area contributed by atoms with Gasteiger partial charge in [-0.1, -0.05) is 37.3 Å². The van der Waals surface area contributed by atoms with E-state index in [0.29, 0.717) is 12.6 Å². The lowest BCUT2D eigenvalue weighted by atomic mass is 10.0. The lowest BCUT2D eigenvalue weighted by Crippen LogP contribution is -2.53. The Morgan fingerprint density at radius 2 is 2.04 bits per heavy atom. The van der Waals surface area contributed by atoms with E-state index in [1.54, 1.807) is 0 Å². The van der Waals surface area contributed by atoms with E-state index in [2.05, 4.69) is 55.2 Å². The van der Waals surface area contributed by atoms with Crippen LogP contribution < -0.4 is 5.32 Å².